The molecule has 0 aliphatic carbocycles. The Labute approximate surface area is 125 Å². The van der Waals surface area contributed by atoms with E-state index >= 15 is 0 Å². The van der Waals surface area contributed by atoms with Crippen LogP contribution in [-0.4, -0.2) is 24.0 Å². The summed E-state index contributed by atoms with van der Waals surface area (Å²) in [6, 6.07) is 0. The van der Waals surface area contributed by atoms with E-state index in [9.17, 15) is 4.79 Å². The summed E-state index contributed by atoms with van der Waals surface area (Å²) in [5.74, 6) is 0.152. The number of nitrogens with one attached hydrogen (secondary N) is 1. The third-order valence-corrected chi connectivity index (χ3v) is 3.87. The second-order valence-corrected chi connectivity index (χ2v) is 6.69. The van der Waals surface area contributed by atoms with Crippen molar-refractivity contribution in [1.82, 2.24) is 10.3 Å². The first-order chi connectivity index (χ1) is 9.36. The monoisotopic (exact) mass is 295 g/mol. The molecule has 0 fully saturated rings. The van der Waals surface area contributed by atoms with Gasteiger partial charge in [0.15, 0.2) is 0 Å². The molecule has 1 aromatic rings. The predicted octanol–water partition coefficient (Wildman–Crippen LogP) is 2.92. The molecule has 3 N–H and O–H groups in total. The third-order valence-electron chi connectivity index (χ3n) is 3.06. The molecule has 0 aliphatic heterocycles. The van der Waals surface area contributed by atoms with Gasteiger partial charge >= 0.3 is 0 Å². The molecule has 1 unspecified atom stereocenters. The van der Waals surface area contributed by atoms with Crippen LogP contribution in [-0.2, 0) is 0 Å². The van der Waals surface area contributed by atoms with Crippen molar-refractivity contribution in [2.75, 3.05) is 13.1 Å². The van der Waals surface area contributed by atoms with E-state index in [4.69, 9.17) is 5.73 Å². The van der Waals surface area contributed by atoms with Crippen molar-refractivity contribution in [2.45, 2.75) is 34.1 Å². The van der Waals surface area contributed by atoms with Gasteiger partial charge in [0, 0.05) is 11.9 Å². The normalized spacial score (nSPS) is 14.8. The molecule has 1 amide bonds. The van der Waals surface area contributed by atoms with Crippen LogP contribution in [0.4, 0.5) is 0 Å². The number of thiazole rings is 1. The highest BCUT2D eigenvalue weighted by Crippen LogP contribution is 2.28. The standard InChI is InChI=1S/C15H25N3OS/c1-5-17-10-15(4,8-11(2)3)7-6-13-18-12(9-20-13)14(16)19/h6-7,9,11,17H,5,8,10H2,1-4H3,(H2,16,19). The van der Waals surface area contributed by atoms with Gasteiger partial charge in [-0.1, -0.05) is 33.8 Å². The molecular formula is C15H25N3OS. The lowest BCUT2D eigenvalue weighted by molar-refractivity contribution is 0.0996. The lowest BCUT2D eigenvalue weighted by Gasteiger charge is -2.28. The summed E-state index contributed by atoms with van der Waals surface area (Å²) in [5, 5.41) is 5.94. The third kappa shape index (κ3) is 5.43. The molecule has 5 heteroatoms. The van der Waals surface area contributed by atoms with Crippen LogP contribution in [0.25, 0.3) is 6.08 Å². The van der Waals surface area contributed by atoms with Crippen molar-refractivity contribution in [3.63, 3.8) is 0 Å². The van der Waals surface area contributed by atoms with Crippen LogP contribution in [0.3, 0.4) is 0 Å². The first kappa shape index (κ1) is 16.9. The summed E-state index contributed by atoms with van der Waals surface area (Å²) in [5.41, 5.74) is 5.64. The first-order valence-corrected chi connectivity index (χ1v) is 7.89. The first-order valence-electron chi connectivity index (χ1n) is 7.01. The molecule has 0 bridgehead atoms. The zero-order valence-electron chi connectivity index (χ0n) is 12.8. The fraction of sp³-hybridized carbons (Fsp3) is 0.600. The van der Waals surface area contributed by atoms with Gasteiger partial charge in [-0.05, 0) is 30.4 Å². The molecule has 112 valence electrons. The van der Waals surface area contributed by atoms with Crippen LogP contribution in [0.1, 0.15) is 49.6 Å². The number of nitrogens with zero attached hydrogens (tertiary/aromatic N) is 1. The Kier molecular flexibility index (Phi) is 6.36. The van der Waals surface area contributed by atoms with Gasteiger partial charge in [0.2, 0.25) is 0 Å². The molecule has 4 nitrogen and oxygen atoms in total. The van der Waals surface area contributed by atoms with Gasteiger partial charge < -0.3 is 11.1 Å². The fourth-order valence-electron chi connectivity index (χ4n) is 2.29. The van der Waals surface area contributed by atoms with Gasteiger partial charge in [-0.3, -0.25) is 4.79 Å². The van der Waals surface area contributed by atoms with Gasteiger partial charge in [0.05, 0.1) is 0 Å². The molecule has 1 atom stereocenters. The molecule has 1 rings (SSSR count). The lowest BCUT2D eigenvalue weighted by atomic mass is 9.81. The minimum absolute atomic E-state index is 0.0860. The quantitative estimate of drug-likeness (QED) is 0.775. The van der Waals surface area contributed by atoms with E-state index in [1.807, 2.05) is 6.08 Å². The Morgan fingerprint density at radius 2 is 2.30 bits per heavy atom. The number of hydrogen-bond donors (Lipinski definition) is 2. The molecule has 1 heterocycles. The Balaban J connectivity index is 2.81. The molecule has 1 aromatic heterocycles. The maximum Gasteiger partial charge on any atom is 0.268 e. The van der Waals surface area contributed by atoms with E-state index in [0.717, 1.165) is 24.5 Å². The highest BCUT2D eigenvalue weighted by Gasteiger charge is 2.22. The number of rotatable bonds is 8. The molecule has 0 radical (unpaired) electrons. The molecule has 20 heavy (non-hydrogen) atoms. The largest absolute Gasteiger partial charge is 0.364 e. The minimum Gasteiger partial charge on any atom is -0.364 e. The fourth-order valence-corrected chi connectivity index (χ4v) is 2.99. The van der Waals surface area contributed by atoms with E-state index in [-0.39, 0.29) is 5.41 Å². The van der Waals surface area contributed by atoms with Gasteiger partial charge in [-0.25, -0.2) is 4.98 Å². The van der Waals surface area contributed by atoms with E-state index in [2.05, 4.69) is 44.1 Å². The van der Waals surface area contributed by atoms with E-state index in [1.54, 1.807) is 5.38 Å². The molecule has 0 spiro atoms. The van der Waals surface area contributed by atoms with Crippen molar-refractivity contribution in [3.8, 4) is 0 Å². The molecule has 0 saturated carbocycles. The Morgan fingerprint density at radius 1 is 1.60 bits per heavy atom. The second-order valence-electron chi connectivity index (χ2n) is 5.80. The van der Waals surface area contributed by atoms with Crippen LogP contribution >= 0.6 is 11.3 Å². The van der Waals surface area contributed by atoms with E-state index in [0.29, 0.717) is 11.6 Å². The van der Waals surface area contributed by atoms with E-state index < -0.39 is 5.91 Å². The number of aromatic nitrogens is 1. The van der Waals surface area contributed by atoms with Crippen LogP contribution in [0.5, 0.6) is 0 Å². The number of hydrogen-bond acceptors (Lipinski definition) is 4. The van der Waals surface area contributed by atoms with Gasteiger partial charge in [0.25, 0.3) is 5.91 Å². The number of nitrogens with two attached hydrogens (primary N) is 1. The van der Waals surface area contributed by atoms with Crippen molar-refractivity contribution in [3.05, 3.63) is 22.2 Å². The SMILES string of the molecule is CCNCC(C)(C=Cc1nc(C(N)=O)cs1)CC(C)C. The summed E-state index contributed by atoms with van der Waals surface area (Å²) in [6.07, 6.45) is 5.29. The van der Waals surface area contributed by atoms with Crippen LogP contribution in [0.2, 0.25) is 0 Å². The van der Waals surface area contributed by atoms with Crippen molar-refractivity contribution < 1.29 is 4.79 Å². The van der Waals surface area contributed by atoms with Crippen molar-refractivity contribution >= 4 is 23.3 Å². The van der Waals surface area contributed by atoms with Crippen LogP contribution < -0.4 is 11.1 Å². The summed E-state index contributed by atoms with van der Waals surface area (Å²) in [4.78, 5) is 15.2. The predicted molar refractivity (Wildman–Crippen MR) is 85.8 cm³/mol. The smallest absolute Gasteiger partial charge is 0.268 e. The highest BCUT2D eigenvalue weighted by molar-refractivity contribution is 7.10. The van der Waals surface area contributed by atoms with Crippen molar-refractivity contribution in [1.29, 1.82) is 0 Å². The highest BCUT2D eigenvalue weighted by atomic mass is 32.1. The number of amides is 1. The topological polar surface area (TPSA) is 68.0 Å². The molecule has 0 saturated heterocycles. The average molecular weight is 295 g/mol. The Bertz CT molecular complexity index is 467. The Hall–Kier alpha value is -1.20. The summed E-state index contributed by atoms with van der Waals surface area (Å²) in [7, 11) is 0. The van der Waals surface area contributed by atoms with Crippen LogP contribution in [0.15, 0.2) is 11.5 Å². The van der Waals surface area contributed by atoms with Crippen LogP contribution in [0, 0.1) is 11.3 Å². The summed E-state index contributed by atoms with van der Waals surface area (Å²) >= 11 is 1.44. The minimum atomic E-state index is -0.474. The maximum absolute atomic E-state index is 11.0. The van der Waals surface area contributed by atoms with Gasteiger partial charge in [-0.2, -0.15) is 0 Å². The number of carbonyl (C=O) groups is 1. The maximum atomic E-state index is 11.0. The summed E-state index contributed by atoms with van der Waals surface area (Å²) < 4.78 is 0. The van der Waals surface area contributed by atoms with Gasteiger partial charge in [-0.15, -0.1) is 11.3 Å². The van der Waals surface area contributed by atoms with E-state index in [1.165, 1.54) is 11.3 Å². The summed E-state index contributed by atoms with van der Waals surface area (Å²) in [6.45, 7) is 10.7. The number of primary amides is 1. The number of carbonyl (C=O) groups excluding carboxylic acids is 1. The zero-order valence-corrected chi connectivity index (χ0v) is 13.6. The molecular weight excluding hydrogens is 270 g/mol. The van der Waals surface area contributed by atoms with Crippen molar-refractivity contribution in [2.24, 2.45) is 17.1 Å². The molecule has 0 aromatic carbocycles. The zero-order chi connectivity index (χ0) is 15.2. The van der Waals surface area contributed by atoms with Gasteiger partial charge in [0.1, 0.15) is 10.7 Å². The Morgan fingerprint density at radius 3 is 2.80 bits per heavy atom. The second kappa shape index (κ2) is 7.55. The average Bonchev–Trinajstić information content (AvgIpc) is 2.82. The molecule has 0 aliphatic rings. The lowest BCUT2D eigenvalue weighted by Crippen LogP contribution is -2.31.